The lowest BCUT2D eigenvalue weighted by atomic mass is 10.2. The minimum Gasteiger partial charge on any atom is -0.402 e. The molecule has 15 heavy (non-hydrogen) atoms. The summed E-state index contributed by atoms with van der Waals surface area (Å²) in [5, 5.41) is 6.56. The van der Waals surface area contributed by atoms with Crippen molar-refractivity contribution >= 4 is 11.8 Å². The van der Waals surface area contributed by atoms with Gasteiger partial charge in [0, 0.05) is 17.0 Å². The molecule has 1 heterocycles. The fourth-order valence-corrected chi connectivity index (χ4v) is 1.72. The molecule has 1 rings (SSSR count). The maximum absolute atomic E-state index is 5.87. The van der Waals surface area contributed by atoms with E-state index in [1.807, 2.05) is 24.6 Å². The summed E-state index contributed by atoms with van der Waals surface area (Å²) in [7, 11) is 0. The van der Waals surface area contributed by atoms with E-state index >= 15 is 0 Å². The van der Waals surface area contributed by atoms with Crippen LogP contribution in [0.15, 0.2) is 12.7 Å². The molecule has 0 fully saturated rings. The average Bonchev–Trinajstić information content (AvgIpc) is 2.43. The number of nitrogens with two attached hydrogens (primary N) is 1. The summed E-state index contributed by atoms with van der Waals surface area (Å²) >= 11 is 0. The molecule has 0 radical (unpaired) electrons. The fraction of sp³-hybridized carbons (Fsp3) is 0.417. The van der Waals surface area contributed by atoms with Gasteiger partial charge in [-0.25, -0.2) is 0 Å². The van der Waals surface area contributed by atoms with Crippen LogP contribution in [0.25, 0.3) is 11.8 Å². The zero-order valence-electron chi connectivity index (χ0n) is 9.91. The highest BCUT2D eigenvalue weighted by Gasteiger charge is 2.06. The third kappa shape index (κ3) is 2.12. The molecular formula is C12H19N3. The van der Waals surface area contributed by atoms with Crippen molar-refractivity contribution in [3.63, 3.8) is 0 Å². The quantitative estimate of drug-likeness (QED) is 0.777. The molecule has 3 heteroatoms. The van der Waals surface area contributed by atoms with Gasteiger partial charge in [-0.2, -0.15) is 5.10 Å². The van der Waals surface area contributed by atoms with Gasteiger partial charge in [0.15, 0.2) is 0 Å². The van der Waals surface area contributed by atoms with Gasteiger partial charge in [-0.3, -0.25) is 4.68 Å². The second-order valence-corrected chi connectivity index (χ2v) is 3.97. The van der Waals surface area contributed by atoms with Crippen LogP contribution in [0.2, 0.25) is 0 Å². The lowest BCUT2D eigenvalue weighted by Gasteiger charge is -2.04. The Morgan fingerprint density at radius 1 is 1.53 bits per heavy atom. The maximum Gasteiger partial charge on any atom is 0.0705 e. The fourth-order valence-electron chi connectivity index (χ4n) is 1.72. The van der Waals surface area contributed by atoms with Gasteiger partial charge in [-0.15, -0.1) is 0 Å². The topological polar surface area (TPSA) is 43.8 Å². The van der Waals surface area contributed by atoms with Gasteiger partial charge >= 0.3 is 0 Å². The smallest absolute Gasteiger partial charge is 0.0705 e. The van der Waals surface area contributed by atoms with Crippen LogP contribution in [-0.2, 0) is 0 Å². The van der Waals surface area contributed by atoms with Crippen LogP contribution in [0, 0.1) is 6.92 Å². The van der Waals surface area contributed by atoms with Crippen molar-refractivity contribution in [2.75, 3.05) is 0 Å². The SMILES string of the molecule is C=C/C=c1\c(=C(/C)N)c(C)nn1C(C)C. The van der Waals surface area contributed by atoms with E-state index in [0.717, 1.165) is 22.0 Å². The lowest BCUT2D eigenvalue weighted by molar-refractivity contribution is 0.515. The summed E-state index contributed by atoms with van der Waals surface area (Å²) in [5.74, 6) is 0. The zero-order valence-corrected chi connectivity index (χ0v) is 9.91. The monoisotopic (exact) mass is 205 g/mol. The molecule has 0 atom stereocenters. The Hall–Kier alpha value is -1.51. The maximum atomic E-state index is 5.87. The van der Waals surface area contributed by atoms with Crippen LogP contribution in [0.3, 0.4) is 0 Å². The molecule has 0 bridgehead atoms. The first-order valence-corrected chi connectivity index (χ1v) is 5.13. The molecule has 0 saturated heterocycles. The van der Waals surface area contributed by atoms with Crippen molar-refractivity contribution in [3.05, 3.63) is 28.9 Å². The highest BCUT2D eigenvalue weighted by molar-refractivity contribution is 5.43. The molecule has 0 aromatic carbocycles. The van der Waals surface area contributed by atoms with Gasteiger partial charge < -0.3 is 5.73 Å². The molecule has 0 aliphatic carbocycles. The van der Waals surface area contributed by atoms with Crippen molar-refractivity contribution in [1.82, 2.24) is 9.78 Å². The van der Waals surface area contributed by atoms with Crippen molar-refractivity contribution < 1.29 is 0 Å². The van der Waals surface area contributed by atoms with Crippen LogP contribution in [0.4, 0.5) is 0 Å². The first kappa shape index (κ1) is 11.6. The number of rotatable bonds is 2. The molecule has 2 N–H and O–H groups in total. The van der Waals surface area contributed by atoms with Gasteiger partial charge in [0.1, 0.15) is 0 Å². The Kier molecular flexibility index (Phi) is 3.35. The minimum atomic E-state index is 0.322. The van der Waals surface area contributed by atoms with E-state index in [0.29, 0.717) is 6.04 Å². The van der Waals surface area contributed by atoms with Gasteiger partial charge in [0.05, 0.1) is 11.0 Å². The largest absolute Gasteiger partial charge is 0.402 e. The minimum absolute atomic E-state index is 0.322. The third-order valence-electron chi connectivity index (χ3n) is 2.28. The van der Waals surface area contributed by atoms with Crippen molar-refractivity contribution in [2.24, 2.45) is 5.73 Å². The summed E-state index contributed by atoms with van der Waals surface area (Å²) < 4.78 is 1.97. The number of hydrogen-bond donors (Lipinski definition) is 1. The molecular weight excluding hydrogens is 186 g/mol. The number of nitrogens with zero attached hydrogens (tertiary/aromatic N) is 2. The Balaban J connectivity index is 3.77. The van der Waals surface area contributed by atoms with Crippen LogP contribution < -0.4 is 16.3 Å². The highest BCUT2D eigenvalue weighted by atomic mass is 15.3. The van der Waals surface area contributed by atoms with Gasteiger partial charge in [0.2, 0.25) is 0 Å². The molecule has 0 amide bonds. The molecule has 3 nitrogen and oxygen atoms in total. The van der Waals surface area contributed by atoms with E-state index in [1.54, 1.807) is 6.08 Å². The lowest BCUT2D eigenvalue weighted by Crippen LogP contribution is -2.33. The number of aromatic nitrogens is 2. The Bertz CT molecular complexity index is 474. The molecule has 82 valence electrons. The normalized spacial score (nSPS) is 14.6. The van der Waals surface area contributed by atoms with Gasteiger partial charge in [-0.05, 0) is 33.8 Å². The van der Waals surface area contributed by atoms with Crippen LogP contribution in [0.1, 0.15) is 32.5 Å². The third-order valence-corrected chi connectivity index (χ3v) is 2.28. The second-order valence-electron chi connectivity index (χ2n) is 3.97. The van der Waals surface area contributed by atoms with Crippen molar-refractivity contribution in [2.45, 2.75) is 33.7 Å². The van der Waals surface area contributed by atoms with E-state index in [-0.39, 0.29) is 0 Å². The van der Waals surface area contributed by atoms with Gasteiger partial charge in [0.25, 0.3) is 0 Å². The summed E-state index contributed by atoms with van der Waals surface area (Å²) in [6.45, 7) is 11.8. The summed E-state index contributed by atoms with van der Waals surface area (Å²) in [6, 6.07) is 0.322. The molecule has 0 spiro atoms. The first-order chi connectivity index (χ1) is 6.99. The number of hydrogen-bond acceptors (Lipinski definition) is 2. The number of aryl methyl sites for hydroxylation is 1. The Labute approximate surface area is 90.6 Å². The molecule has 0 unspecified atom stereocenters. The van der Waals surface area contributed by atoms with E-state index in [4.69, 9.17) is 5.73 Å². The van der Waals surface area contributed by atoms with E-state index < -0.39 is 0 Å². The van der Waals surface area contributed by atoms with Crippen molar-refractivity contribution in [3.8, 4) is 0 Å². The first-order valence-electron chi connectivity index (χ1n) is 5.13. The molecule has 1 aromatic rings. The second kappa shape index (κ2) is 4.34. The van der Waals surface area contributed by atoms with E-state index in [9.17, 15) is 0 Å². The van der Waals surface area contributed by atoms with E-state index in [1.165, 1.54) is 0 Å². The van der Waals surface area contributed by atoms with Crippen LogP contribution in [-0.4, -0.2) is 9.78 Å². The molecule has 0 aliphatic rings. The zero-order chi connectivity index (χ0) is 11.6. The highest BCUT2D eigenvalue weighted by Crippen LogP contribution is 1.96. The van der Waals surface area contributed by atoms with Crippen LogP contribution in [0.5, 0.6) is 0 Å². The van der Waals surface area contributed by atoms with Crippen LogP contribution >= 0.6 is 0 Å². The Morgan fingerprint density at radius 2 is 2.13 bits per heavy atom. The average molecular weight is 205 g/mol. The summed E-state index contributed by atoms with van der Waals surface area (Å²) in [4.78, 5) is 0. The predicted octanol–water partition coefficient (Wildman–Crippen LogP) is 0.826. The standard InChI is InChI=1S/C12H19N3/c1-6-7-11-12(9(4)13)10(5)14-15(11)8(2)3/h6-8H,1,13H2,2-5H3/b11-7+,12-9+. The van der Waals surface area contributed by atoms with Gasteiger partial charge in [-0.1, -0.05) is 12.7 Å². The molecule has 0 saturated carbocycles. The molecule has 0 aliphatic heterocycles. The predicted molar refractivity (Wildman–Crippen MR) is 64.5 cm³/mol. The summed E-state index contributed by atoms with van der Waals surface area (Å²) in [6.07, 6.45) is 3.72. The summed E-state index contributed by atoms with van der Waals surface area (Å²) in [5.41, 5.74) is 7.64. The molecule has 1 aromatic heterocycles. The van der Waals surface area contributed by atoms with Crippen molar-refractivity contribution in [1.29, 1.82) is 0 Å². The van der Waals surface area contributed by atoms with E-state index in [2.05, 4.69) is 25.5 Å². The number of allylic oxidation sites excluding steroid dienone is 1. The Morgan fingerprint density at radius 3 is 2.53 bits per heavy atom.